The molecular formula is C12H24ClNO2. The maximum absolute atomic E-state index is 6.25. The SMILES string of the molecule is COCCOCCCNC1CCCCC1Cl. The Morgan fingerprint density at radius 2 is 2.00 bits per heavy atom. The molecule has 0 amide bonds. The second kappa shape index (κ2) is 9.23. The zero-order chi connectivity index (χ0) is 11.6. The first-order valence-corrected chi connectivity index (χ1v) is 6.72. The molecule has 1 saturated carbocycles. The summed E-state index contributed by atoms with van der Waals surface area (Å²) in [6.45, 7) is 3.18. The lowest BCUT2D eigenvalue weighted by molar-refractivity contribution is 0.0691. The maximum atomic E-state index is 6.25. The van der Waals surface area contributed by atoms with E-state index in [0.29, 0.717) is 24.6 Å². The minimum atomic E-state index is 0.322. The van der Waals surface area contributed by atoms with Crippen molar-refractivity contribution >= 4 is 11.6 Å². The first-order chi connectivity index (χ1) is 7.84. The van der Waals surface area contributed by atoms with Crippen molar-refractivity contribution in [1.29, 1.82) is 0 Å². The van der Waals surface area contributed by atoms with Gasteiger partial charge in [0.2, 0.25) is 0 Å². The lowest BCUT2D eigenvalue weighted by Gasteiger charge is -2.27. The molecule has 0 aromatic heterocycles. The topological polar surface area (TPSA) is 30.5 Å². The lowest BCUT2D eigenvalue weighted by atomic mass is 9.95. The molecule has 1 fully saturated rings. The zero-order valence-electron chi connectivity index (χ0n) is 10.2. The van der Waals surface area contributed by atoms with Gasteiger partial charge in [0, 0.05) is 25.1 Å². The summed E-state index contributed by atoms with van der Waals surface area (Å²) in [5.41, 5.74) is 0. The summed E-state index contributed by atoms with van der Waals surface area (Å²) in [6.07, 6.45) is 6.02. The van der Waals surface area contributed by atoms with Gasteiger partial charge in [0.05, 0.1) is 13.2 Å². The van der Waals surface area contributed by atoms with Crippen LogP contribution >= 0.6 is 11.6 Å². The number of hydrogen-bond acceptors (Lipinski definition) is 3. The largest absolute Gasteiger partial charge is 0.382 e. The predicted molar refractivity (Wildman–Crippen MR) is 67.2 cm³/mol. The van der Waals surface area contributed by atoms with Crippen LogP contribution in [0.4, 0.5) is 0 Å². The Bertz CT molecular complexity index is 169. The fraction of sp³-hybridized carbons (Fsp3) is 1.00. The Hall–Kier alpha value is 0.170. The van der Waals surface area contributed by atoms with Crippen LogP contribution in [0.15, 0.2) is 0 Å². The van der Waals surface area contributed by atoms with Crippen molar-refractivity contribution in [3.63, 3.8) is 0 Å². The van der Waals surface area contributed by atoms with Gasteiger partial charge in [0.25, 0.3) is 0 Å². The monoisotopic (exact) mass is 249 g/mol. The lowest BCUT2D eigenvalue weighted by Crippen LogP contribution is -2.40. The van der Waals surface area contributed by atoms with Crippen molar-refractivity contribution in [2.45, 2.75) is 43.5 Å². The van der Waals surface area contributed by atoms with Crippen molar-refractivity contribution in [2.24, 2.45) is 0 Å². The van der Waals surface area contributed by atoms with Gasteiger partial charge in [-0.05, 0) is 25.8 Å². The number of alkyl halides is 1. The van der Waals surface area contributed by atoms with Gasteiger partial charge in [-0.2, -0.15) is 0 Å². The summed E-state index contributed by atoms with van der Waals surface area (Å²) < 4.78 is 10.3. The van der Waals surface area contributed by atoms with E-state index in [0.717, 1.165) is 26.0 Å². The third-order valence-corrected chi connectivity index (χ3v) is 3.51. The zero-order valence-corrected chi connectivity index (χ0v) is 11.0. The summed E-state index contributed by atoms with van der Waals surface area (Å²) in [4.78, 5) is 0. The van der Waals surface area contributed by atoms with Crippen molar-refractivity contribution in [2.75, 3.05) is 33.5 Å². The van der Waals surface area contributed by atoms with Gasteiger partial charge in [-0.3, -0.25) is 0 Å². The van der Waals surface area contributed by atoms with E-state index < -0.39 is 0 Å². The smallest absolute Gasteiger partial charge is 0.0700 e. The van der Waals surface area contributed by atoms with E-state index in [1.165, 1.54) is 19.3 Å². The maximum Gasteiger partial charge on any atom is 0.0700 e. The van der Waals surface area contributed by atoms with Crippen molar-refractivity contribution in [3.05, 3.63) is 0 Å². The molecule has 0 radical (unpaired) electrons. The number of hydrogen-bond donors (Lipinski definition) is 1. The van der Waals surface area contributed by atoms with Crippen molar-refractivity contribution in [1.82, 2.24) is 5.32 Å². The van der Waals surface area contributed by atoms with Crippen molar-refractivity contribution in [3.8, 4) is 0 Å². The molecule has 16 heavy (non-hydrogen) atoms. The molecule has 0 saturated heterocycles. The van der Waals surface area contributed by atoms with Crippen molar-refractivity contribution < 1.29 is 9.47 Å². The van der Waals surface area contributed by atoms with Crippen LogP contribution in [0.25, 0.3) is 0 Å². The Morgan fingerprint density at radius 3 is 2.75 bits per heavy atom. The van der Waals surface area contributed by atoms with Crippen LogP contribution in [-0.4, -0.2) is 44.9 Å². The van der Waals surface area contributed by atoms with E-state index in [-0.39, 0.29) is 0 Å². The Kier molecular flexibility index (Phi) is 8.21. The summed E-state index contributed by atoms with van der Waals surface area (Å²) in [5.74, 6) is 0. The molecule has 0 aromatic carbocycles. The molecule has 96 valence electrons. The molecule has 0 aliphatic heterocycles. The van der Waals surface area contributed by atoms with E-state index in [1.807, 2.05) is 0 Å². The number of methoxy groups -OCH3 is 1. The van der Waals surface area contributed by atoms with Crippen LogP contribution < -0.4 is 5.32 Å². The second-order valence-corrected chi connectivity index (χ2v) is 4.88. The number of ether oxygens (including phenoxy) is 2. The minimum Gasteiger partial charge on any atom is -0.382 e. The van der Waals surface area contributed by atoms with E-state index in [4.69, 9.17) is 21.1 Å². The van der Waals surface area contributed by atoms with Crippen LogP contribution in [0.1, 0.15) is 32.1 Å². The fourth-order valence-electron chi connectivity index (χ4n) is 2.02. The number of rotatable bonds is 8. The Morgan fingerprint density at radius 1 is 1.19 bits per heavy atom. The Labute approximate surface area is 104 Å². The summed E-state index contributed by atoms with van der Waals surface area (Å²) in [5, 5.41) is 3.84. The predicted octanol–water partition coefficient (Wildman–Crippen LogP) is 2.18. The fourth-order valence-corrected chi connectivity index (χ4v) is 2.39. The highest BCUT2D eigenvalue weighted by Gasteiger charge is 2.21. The quantitative estimate of drug-likeness (QED) is 0.528. The van der Waals surface area contributed by atoms with E-state index >= 15 is 0 Å². The molecule has 0 bridgehead atoms. The van der Waals surface area contributed by atoms with Gasteiger partial charge >= 0.3 is 0 Å². The van der Waals surface area contributed by atoms with Gasteiger partial charge in [-0.25, -0.2) is 0 Å². The third-order valence-electron chi connectivity index (χ3n) is 2.99. The van der Waals surface area contributed by atoms with Gasteiger partial charge in [0.1, 0.15) is 0 Å². The molecule has 1 aliphatic rings. The van der Waals surface area contributed by atoms with Gasteiger partial charge in [-0.1, -0.05) is 12.8 Å². The first-order valence-electron chi connectivity index (χ1n) is 6.28. The van der Waals surface area contributed by atoms with Crippen LogP contribution in [0.5, 0.6) is 0 Å². The number of nitrogens with one attached hydrogen (secondary N) is 1. The Balaban J connectivity index is 1.90. The van der Waals surface area contributed by atoms with Crippen LogP contribution in [0, 0.1) is 0 Å². The van der Waals surface area contributed by atoms with E-state index in [1.54, 1.807) is 7.11 Å². The van der Waals surface area contributed by atoms with Gasteiger partial charge in [-0.15, -0.1) is 11.6 Å². The molecule has 1 aliphatic carbocycles. The minimum absolute atomic E-state index is 0.322. The highest BCUT2D eigenvalue weighted by molar-refractivity contribution is 6.21. The highest BCUT2D eigenvalue weighted by Crippen LogP contribution is 2.22. The summed E-state index contributed by atoms with van der Waals surface area (Å²) >= 11 is 6.25. The molecule has 3 nitrogen and oxygen atoms in total. The van der Waals surface area contributed by atoms with Crippen LogP contribution in [0.3, 0.4) is 0 Å². The molecule has 0 heterocycles. The average Bonchev–Trinajstić information content (AvgIpc) is 2.30. The third kappa shape index (κ3) is 6.04. The molecular weight excluding hydrogens is 226 g/mol. The normalized spacial score (nSPS) is 25.9. The summed E-state index contributed by atoms with van der Waals surface area (Å²) in [6, 6.07) is 0.509. The van der Waals surface area contributed by atoms with Crippen LogP contribution in [-0.2, 0) is 9.47 Å². The second-order valence-electron chi connectivity index (χ2n) is 4.32. The molecule has 1 N–H and O–H groups in total. The van der Waals surface area contributed by atoms with Gasteiger partial charge in [0.15, 0.2) is 0 Å². The molecule has 2 atom stereocenters. The van der Waals surface area contributed by atoms with Gasteiger partial charge < -0.3 is 14.8 Å². The standard InChI is InChI=1S/C12H24ClNO2/c1-15-9-10-16-8-4-7-14-12-6-3-2-5-11(12)13/h11-12,14H,2-10H2,1H3. The first kappa shape index (κ1) is 14.2. The molecule has 0 aromatic rings. The molecule has 1 rings (SSSR count). The summed E-state index contributed by atoms with van der Waals surface area (Å²) in [7, 11) is 1.69. The van der Waals surface area contributed by atoms with Crippen LogP contribution in [0.2, 0.25) is 0 Å². The number of halogens is 1. The average molecular weight is 250 g/mol. The molecule has 0 spiro atoms. The van der Waals surface area contributed by atoms with E-state index in [9.17, 15) is 0 Å². The molecule has 4 heteroatoms. The molecule has 2 unspecified atom stereocenters. The van der Waals surface area contributed by atoms with E-state index in [2.05, 4.69) is 5.32 Å². The highest BCUT2D eigenvalue weighted by atomic mass is 35.5.